The van der Waals surface area contributed by atoms with E-state index in [1.54, 1.807) is 48.4 Å². The lowest BCUT2D eigenvalue weighted by molar-refractivity contribution is 0.0498. The minimum atomic E-state index is -0.455. The van der Waals surface area contributed by atoms with Gasteiger partial charge in [-0.05, 0) is 30.5 Å². The molecule has 1 aromatic rings. The van der Waals surface area contributed by atoms with E-state index in [9.17, 15) is 4.79 Å². The zero-order valence-electron chi connectivity index (χ0n) is 15.1. The first-order valence-electron chi connectivity index (χ1n) is 7.97. The highest BCUT2D eigenvalue weighted by Gasteiger charge is 2.34. The van der Waals surface area contributed by atoms with E-state index in [1.165, 1.54) is 6.08 Å². The molecule has 0 aliphatic rings. The summed E-state index contributed by atoms with van der Waals surface area (Å²) in [7, 11) is 0. The van der Waals surface area contributed by atoms with Crippen LogP contribution in [0.5, 0.6) is 0 Å². The Morgan fingerprint density at radius 1 is 1.28 bits per heavy atom. The fraction of sp³-hybridized carbons (Fsp3) is 0.350. The molecule has 0 spiro atoms. The van der Waals surface area contributed by atoms with Gasteiger partial charge in [-0.3, -0.25) is 0 Å². The molecule has 1 aromatic carbocycles. The second-order valence-electron chi connectivity index (χ2n) is 6.49. The molecule has 25 heavy (non-hydrogen) atoms. The Labute approximate surface area is 149 Å². The van der Waals surface area contributed by atoms with Gasteiger partial charge in [-0.1, -0.05) is 39.0 Å². The third kappa shape index (κ3) is 5.82. The van der Waals surface area contributed by atoms with Crippen LogP contribution in [0.4, 0.5) is 0 Å². The van der Waals surface area contributed by atoms with Gasteiger partial charge in [-0.25, -0.2) is 4.79 Å². The van der Waals surface area contributed by atoms with Crippen LogP contribution in [0.25, 0.3) is 0 Å². The zero-order chi connectivity index (χ0) is 18.9. The molecular formula is C20H23N3O2. The Morgan fingerprint density at radius 2 is 1.92 bits per heavy atom. The van der Waals surface area contributed by atoms with Crippen LogP contribution in [0.15, 0.2) is 54.4 Å². The lowest BCUT2D eigenvalue weighted by Crippen LogP contribution is -2.43. The van der Waals surface area contributed by atoms with Crippen LogP contribution < -0.4 is 0 Å². The topological polar surface area (TPSA) is 77.1 Å². The standard InChI is InChI=1S/C20H23N3O2/c1-5-17(25-19(24)16-10-7-6-8-11-16)18(20(2,3)4)23(15-13-22)14-9-12-21/h5-11,14,18H,15H2,1-4H3. The van der Waals surface area contributed by atoms with Crippen molar-refractivity contribution in [1.82, 2.24) is 4.90 Å². The van der Waals surface area contributed by atoms with E-state index in [1.807, 2.05) is 32.9 Å². The van der Waals surface area contributed by atoms with Crippen molar-refractivity contribution < 1.29 is 9.53 Å². The Kier molecular flexibility index (Phi) is 7.43. The Bertz CT molecular complexity index is 716. The monoisotopic (exact) mass is 337 g/mol. The Balaban J connectivity index is 3.19. The molecule has 1 unspecified atom stereocenters. The van der Waals surface area contributed by atoms with Crippen molar-refractivity contribution in [2.24, 2.45) is 5.41 Å². The fourth-order valence-corrected chi connectivity index (χ4v) is 2.54. The molecule has 5 nitrogen and oxygen atoms in total. The van der Waals surface area contributed by atoms with Crippen LogP contribution in [0.3, 0.4) is 0 Å². The maximum Gasteiger partial charge on any atom is 0.343 e. The molecule has 0 aliphatic carbocycles. The summed E-state index contributed by atoms with van der Waals surface area (Å²) in [6.07, 6.45) is 4.59. The molecule has 0 radical (unpaired) electrons. The molecule has 0 fully saturated rings. The molecule has 0 heterocycles. The average Bonchev–Trinajstić information content (AvgIpc) is 2.58. The summed E-state index contributed by atoms with van der Waals surface area (Å²) >= 11 is 0. The molecule has 0 aromatic heterocycles. The summed E-state index contributed by atoms with van der Waals surface area (Å²) in [6.45, 7) is 7.82. The molecule has 0 N–H and O–H groups in total. The van der Waals surface area contributed by atoms with Crippen LogP contribution >= 0.6 is 0 Å². The van der Waals surface area contributed by atoms with Crippen LogP contribution in [-0.4, -0.2) is 23.5 Å². The van der Waals surface area contributed by atoms with E-state index in [-0.39, 0.29) is 18.0 Å². The lowest BCUT2D eigenvalue weighted by atomic mass is 9.84. The predicted molar refractivity (Wildman–Crippen MR) is 95.9 cm³/mol. The highest BCUT2D eigenvalue weighted by atomic mass is 16.5. The number of nitrogens with zero attached hydrogens (tertiary/aromatic N) is 3. The smallest absolute Gasteiger partial charge is 0.343 e. The Morgan fingerprint density at radius 3 is 2.40 bits per heavy atom. The van der Waals surface area contributed by atoms with E-state index < -0.39 is 5.97 Å². The molecular weight excluding hydrogens is 314 g/mol. The third-order valence-corrected chi connectivity index (χ3v) is 3.52. The van der Waals surface area contributed by atoms with E-state index in [0.717, 1.165) is 0 Å². The fourth-order valence-electron chi connectivity index (χ4n) is 2.54. The van der Waals surface area contributed by atoms with Crippen molar-refractivity contribution in [3.8, 4) is 12.1 Å². The van der Waals surface area contributed by atoms with Gasteiger partial charge in [0.15, 0.2) is 0 Å². The SMILES string of the molecule is CC=C(OC(=O)c1ccccc1)C(N(C=CC#N)CC#N)C(C)(C)C. The highest BCUT2D eigenvalue weighted by molar-refractivity contribution is 5.90. The molecule has 0 saturated heterocycles. The number of benzene rings is 1. The van der Waals surface area contributed by atoms with Crippen molar-refractivity contribution in [1.29, 1.82) is 10.5 Å². The summed E-state index contributed by atoms with van der Waals surface area (Å²) in [4.78, 5) is 14.1. The molecule has 0 saturated carbocycles. The number of hydrogen-bond acceptors (Lipinski definition) is 5. The first-order chi connectivity index (χ1) is 11.8. The van der Waals surface area contributed by atoms with Gasteiger partial charge in [0.25, 0.3) is 0 Å². The number of nitriles is 2. The Hall–Kier alpha value is -3.05. The number of esters is 1. The normalized spacial score (nSPS) is 13.0. The number of hydrogen-bond donors (Lipinski definition) is 0. The van der Waals surface area contributed by atoms with E-state index in [0.29, 0.717) is 11.3 Å². The number of rotatable bonds is 6. The van der Waals surface area contributed by atoms with Crippen LogP contribution in [0.1, 0.15) is 38.1 Å². The van der Waals surface area contributed by atoms with Crippen molar-refractivity contribution in [3.05, 3.63) is 60.0 Å². The molecule has 130 valence electrons. The summed E-state index contributed by atoms with van der Waals surface area (Å²) in [6, 6.07) is 12.4. The zero-order valence-corrected chi connectivity index (χ0v) is 15.1. The third-order valence-electron chi connectivity index (χ3n) is 3.52. The van der Waals surface area contributed by atoms with Crippen LogP contribution in [0, 0.1) is 28.1 Å². The van der Waals surface area contributed by atoms with E-state index in [4.69, 9.17) is 15.3 Å². The van der Waals surface area contributed by atoms with Crippen molar-refractivity contribution >= 4 is 5.97 Å². The summed E-state index contributed by atoms with van der Waals surface area (Å²) in [5.74, 6) is -0.0108. The predicted octanol–water partition coefficient (Wildman–Crippen LogP) is 4.02. The molecule has 5 heteroatoms. The van der Waals surface area contributed by atoms with Crippen molar-refractivity contribution in [3.63, 3.8) is 0 Å². The molecule has 0 aliphatic heterocycles. The minimum absolute atomic E-state index is 0.0698. The maximum absolute atomic E-state index is 12.4. The summed E-state index contributed by atoms with van der Waals surface area (Å²) in [5, 5.41) is 17.9. The number of allylic oxidation sites excluding steroid dienone is 2. The van der Waals surface area contributed by atoms with Crippen LogP contribution in [0.2, 0.25) is 0 Å². The van der Waals surface area contributed by atoms with Crippen molar-refractivity contribution in [2.45, 2.75) is 33.7 Å². The van der Waals surface area contributed by atoms with Gasteiger partial charge >= 0.3 is 5.97 Å². The van der Waals surface area contributed by atoms with E-state index in [2.05, 4.69) is 6.07 Å². The number of ether oxygens (including phenoxy) is 1. The minimum Gasteiger partial charge on any atom is -0.426 e. The molecule has 0 bridgehead atoms. The second kappa shape index (κ2) is 9.30. The molecule has 1 rings (SSSR count). The number of carbonyl (C=O) groups excluding carboxylic acids is 1. The van der Waals surface area contributed by atoms with Gasteiger partial charge in [0.2, 0.25) is 0 Å². The average molecular weight is 337 g/mol. The molecule has 0 amide bonds. The van der Waals surface area contributed by atoms with Gasteiger partial charge in [0.1, 0.15) is 12.3 Å². The van der Waals surface area contributed by atoms with Gasteiger partial charge in [-0.15, -0.1) is 0 Å². The van der Waals surface area contributed by atoms with Gasteiger partial charge in [0.05, 0.1) is 23.7 Å². The van der Waals surface area contributed by atoms with E-state index >= 15 is 0 Å². The summed E-state index contributed by atoms with van der Waals surface area (Å²) < 4.78 is 5.64. The summed E-state index contributed by atoms with van der Waals surface area (Å²) in [5.41, 5.74) is 0.115. The van der Waals surface area contributed by atoms with Crippen molar-refractivity contribution in [2.75, 3.05) is 6.54 Å². The number of carbonyl (C=O) groups is 1. The first-order valence-corrected chi connectivity index (χ1v) is 7.97. The largest absolute Gasteiger partial charge is 0.426 e. The van der Waals surface area contributed by atoms with Gasteiger partial charge in [0, 0.05) is 12.3 Å². The molecule has 1 atom stereocenters. The highest BCUT2D eigenvalue weighted by Crippen LogP contribution is 2.31. The maximum atomic E-state index is 12.4. The van der Waals surface area contributed by atoms with Gasteiger partial charge in [-0.2, -0.15) is 10.5 Å². The van der Waals surface area contributed by atoms with Crippen LogP contribution in [-0.2, 0) is 4.74 Å². The van der Waals surface area contributed by atoms with Gasteiger partial charge < -0.3 is 9.64 Å². The second-order valence-corrected chi connectivity index (χ2v) is 6.49. The quantitative estimate of drug-likeness (QED) is 0.339. The first kappa shape index (κ1) is 20.0. The lowest BCUT2D eigenvalue weighted by Gasteiger charge is -2.39.